The third-order valence-electron chi connectivity index (χ3n) is 1.60. The molecule has 0 atom stereocenters. The second-order valence-corrected chi connectivity index (χ2v) is 3.54. The van der Waals surface area contributed by atoms with Gasteiger partial charge in [0.1, 0.15) is 0 Å². The molecule has 1 heterocycles. The van der Waals surface area contributed by atoms with E-state index >= 15 is 0 Å². The van der Waals surface area contributed by atoms with Crippen LogP contribution in [-0.2, 0) is 4.74 Å². The van der Waals surface area contributed by atoms with Crippen LogP contribution in [0.2, 0.25) is 0 Å². The van der Waals surface area contributed by atoms with E-state index in [0.29, 0.717) is 19.8 Å². The molecule has 14 heavy (non-hydrogen) atoms. The molecule has 0 aliphatic carbocycles. The minimum absolute atomic E-state index is 0.568. The van der Waals surface area contributed by atoms with Crippen molar-refractivity contribution in [1.29, 1.82) is 0 Å². The van der Waals surface area contributed by atoms with Crippen molar-refractivity contribution < 1.29 is 4.74 Å². The third-order valence-corrected chi connectivity index (χ3v) is 2.23. The number of nitrogens with two attached hydrogens (primary N) is 1. The number of pyridine rings is 1. The first-order valence-corrected chi connectivity index (χ1v) is 5.25. The molecule has 0 aromatic carbocycles. The second kappa shape index (κ2) is 6.75. The Labute approximate surface area is 92.0 Å². The van der Waals surface area contributed by atoms with E-state index in [4.69, 9.17) is 10.5 Å². The number of ether oxygens (including phenoxy) is 1. The predicted molar refractivity (Wildman–Crippen MR) is 60.3 cm³/mol. The number of halogens is 1. The Morgan fingerprint density at radius 2 is 2.36 bits per heavy atom. The highest BCUT2D eigenvalue weighted by atomic mass is 79.9. The monoisotopic (exact) mass is 259 g/mol. The number of nitrogens with zero attached hydrogens (tertiary/aromatic N) is 1. The molecule has 78 valence electrons. The van der Waals surface area contributed by atoms with Crippen LogP contribution in [-0.4, -0.2) is 31.3 Å². The van der Waals surface area contributed by atoms with Crippen molar-refractivity contribution in [1.82, 2.24) is 4.98 Å². The van der Waals surface area contributed by atoms with Crippen LogP contribution in [0, 0.1) is 0 Å². The number of nitrogens with one attached hydrogen (secondary N) is 1. The molecule has 0 saturated carbocycles. The molecule has 1 aromatic rings. The van der Waals surface area contributed by atoms with Crippen LogP contribution in [0.25, 0.3) is 0 Å². The Hall–Kier alpha value is -0.650. The smallest absolute Gasteiger partial charge is 0.0639 e. The SMILES string of the molecule is NCCOCCNc1ccncc1Br. The summed E-state index contributed by atoms with van der Waals surface area (Å²) < 4.78 is 6.18. The van der Waals surface area contributed by atoms with Gasteiger partial charge in [-0.2, -0.15) is 0 Å². The number of hydrogen-bond donors (Lipinski definition) is 2. The van der Waals surface area contributed by atoms with Crippen LogP contribution in [0.15, 0.2) is 22.9 Å². The van der Waals surface area contributed by atoms with Crippen molar-refractivity contribution in [2.75, 3.05) is 31.6 Å². The summed E-state index contributed by atoms with van der Waals surface area (Å²) in [7, 11) is 0. The van der Waals surface area contributed by atoms with Gasteiger partial charge in [-0.15, -0.1) is 0 Å². The second-order valence-electron chi connectivity index (χ2n) is 2.68. The van der Waals surface area contributed by atoms with E-state index in [1.807, 2.05) is 6.07 Å². The summed E-state index contributed by atoms with van der Waals surface area (Å²) in [6.45, 7) is 2.60. The molecule has 0 unspecified atom stereocenters. The maximum Gasteiger partial charge on any atom is 0.0639 e. The summed E-state index contributed by atoms with van der Waals surface area (Å²) in [6, 6.07) is 1.91. The number of rotatable bonds is 6. The molecule has 0 bridgehead atoms. The molecule has 0 aliphatic heterocycles. The minimum atomic E-state index is 0.568. The van der Waals surface area contributed by atoms with Gasteiger partial charge >= 0.3 is 0 Å². The lowest BCUT2D eigenvalue weighted by molar-refractivity contribution is 0.151. The summed E-state index contributed by atoms with van der Waals surface area (Å²) in [5.41, 5.74) is 6.31. The molecule has 1 aromatic heterocycles. The Kier molecular flexibility index (Phi) is 5.51. The van der Waals surface area contributed by atoms with Crippen molar-refractivity contribution in [3.8, 4) is 0 Å². The van der Waals surface area contributed by atoms with Crippen molar-refractivity contribution >= 4 is 21.6 Å². The van der Waals surface area contributed by atoms with Gasteiger partial charge in [-0.05, 0) is 22.0 Å². The maximum absolute atomic E-state index is 5.28. The highest BCUT2D eigenvalue weighted by Gasteiger charge is 1.96. The van der Waals surface area contributed by atoms with Crippen LogP contribution in [0.5, 0.6) is 0 Å². The average molecular weight is 260 g/mol. The fraction of sp³-hybridized carbons (Fsp3) is 0.444. The van der Waals surface area contributed by atoms with E-state index in [2.05, 4.69) is 26.2 Å². The largest absolute Gasteiger partial charge is 0.382 e. The molecular formula is C9H14BrN3O. The molecule has 0 saturated heterocycles. The lowest BCUT2D eigenvalue weighted by Crippen LogP contribution is -2.14. The van der Waals surface area contributed by atoms with Gasteiger partial charge in [0.25, 0.3) is 0 Å². The van der Waals surface area contributed by atoms with E-state index in [-0.39, 0.29) is 0 Å². The quantitative estimate of drug-likeness (QED) is 0.755. The van der Waals surface area contributed by atoms with Crippen molar-refractivity contribution in [3.63, 3.8) is 0 Å². The van der Waals surface area contributed by atoms with Gasteiger partial charge in [-0.25, -0.2) is 0 Å². The molecule has 0 aliphatic rings. The van der Waals surface area contributed by atoms with Crippen molar-refractivity contribution in [3.05, 3.63) is 22.9 Å². The topological polar surface area (TPSA) is 60.2 Å². The van der Waals surface area contributed by atoms with Gasteiger partial charge < -0.3 is 15.8 Å². The van der Waals surface area contributed by atoms with Crippen LogP contribution in [0.1, 0.15) is 0 Å². The Bertz CT molecular complexity index is 270. The van der Waals surface area contributed by atoms with E-state index < -0.39 is 0 Å². The standard InChI is InChI=1S/C9H14BrN3O/c10-8-7-12-3-1-9(8)13-4-6-14-5-2-11/h1,3,7H,2,4-6,11H2,(H,12,13). The number of hydrogen-bond acceptors (Lipinski definition) is 4. The van der Waals surface area contributed by atoms with Gasteiger partial charge in [0.15, 0.2) is 0 Å². The molecule has 0 amide bonds. The Morgan fingerprint density at radius 3 is 3.07 bits per heavy atom. The fourth-order valence-corrected chi connectivity index (χ4v) is 1.35. The zero-order valence-corrected chi connectivity index (χ0v) is 9.46. The van der Waals surface area contributed by atoms with Crippen molar-refractivity contribution in [2.45, 2.75) is 0 Å². The predicted octanol–water partition coefficient (Wildman–Crippen LogP) is 1.23. The van der Waals surface area contributed by atoms with Gasteiger partial charge in [-0.1, -0.05) is 0 Å². The molecule has 3 N–H and O–H groups in total. The first kappa shape index (κ1) is 11.4. The molecule has 1 rings (SSSR count). The zero-order chi connectivity index (χ0) is 10.2. The fourth-order valence-electron chi connectivity index (χ4n) is 0.962. The van der Waals surface area contributed by atoms with Crippen LogP contribution < -0.4 is 11.1 Å². The first-order valence-electron chi connectivity index (χ1n) is 4.46. The Morgan fingerprint density at radius 1 is 1.50 bits per heavy atom. The average Bonchev–Trinajstić information content (AvgIpc) is 2.20. The molecular weight excluding hydrogens is 246 g/mol. The molecule has 5 heteroatoms. The molecule has 0 radical (unpaired) electrons. The minimum Gasteiger partial charge on any atom is -0.382 e. The number of anilines is 1. The van der Waals surface area contributed by atoms with Crippen LogP contribution >= 0.6 is 15.9 Å². The highest BCUT2D eigenvalue weighted by Crippen LogP contribution is 2.19. The maximum atomic E-state index is 5.28. The molecule has 0 spiro atoms. The first-order chi connectivity index (χ1) is 6.84. The summed E-state index contributed by atoms with van der Waals surface area (Å²) in [5, 5.41) is 3.22. The summed E-state index contributed by atoms with van der Waals surface area (Å²) >= 11 is 3.39. The van der Waals surface area contributed by atoms with E-state index in [1.54, 1.807) is 12.4 Å². The van der Waals surface area contributed by atoms with Crippen molar-refractivity contribution in [2.24, 2.45) is 5.73 Å². The van der Waals surface area contributed by atoms with Gasteiger partial charge in [0, 0.05) is 25.5 Å². The summed E-state index contributed by atoms with van der Waals surface area (Å²) in [6.07, 6.45) is 3.50. The summed E-state index contributed by atoms with van der Waals surface area (Å²) in [5.74, 6) is 0. The van der Waals surface area contributed by atoms with Crippen LogP contribution in [0.3, 0.4) is 0 Å². The van der Waals surface area contributed by atoms with Gasteiger partial charge in [-0.3, -0.25) is 4.98 Å². The third kappa shape index (κ3) is 4.04. The molecule has 4 nitrogen and oxygen atoms in total. The lowest BCUT2D eigenvalue weighted by Gasteiger charge is -2.07. The molecule has 0 fully saturated rings. The van der Waals surface area contributed by atoms with Gasteiger partial charge in [0.2, 0.25) is 0 Å². The van der Waals surface area contributed by atoms with Gasteiger partial charge in [0.05, 0.1) is 23.4 Å². The number of aromatic nitrogens is 1. The summed E-state index contributed by atoms with van der Waals surface area (Å²) in [4.78, 5) is 3.97. The van der Waals surface area contributed by atoms with E-state index in [9.17, 15) is 0 Å². The zero-order valence-electron chi connectivity index (χ0n) is 7.87. The van der Waals surface area contributed by atoms with Crippen LogP contribution in [0.4, 0.5) is 5.69 Å². The normalized spacial score (nSPS) is 10.1. The highest BCUT2D eigenvalue weighted by molar-refractivity contribution is 9.10. The van der Waals surface area contributed by atoms with E-state index in [0.717, 1.165) is 16.7 Å². The van der Waals surface area contributed by atoms with E-state index in [1.165, 1.54) is 0 Å². The Balaban J connectivity index is 2.21. The lowest BCUT2D eigenvalue weighted by atomic mass is 10.4.